The van der Waals surface area contributed by atoms with Crippen LogP contribution in [0.3, 0.4) is 0 Å². The number of ether oxygens (including phenoxy) is 1. The van der Waals surface area contributed by atoms with E-state index in [1.54, 1.807) is 74.1 Å². The summed E-state index contributed by atoms with van der Waals surface area (Å²) in [6.07, 6.45) is 0. The van der Waals surface area contributed by atoms with Gasteiger partial charge in [-0.05, 0) is 62.4 Å². The molecule has 4 rings (SSSR count). The topological polar surface area (TPSA) is 103 Å². The van der Waals surface area contributed by atoms with Gasteiger partial charge in [0.15, 0.2) is 0 Å². The zero-order valence-corrected chi connectivity index (χ0v) is 22.7. The number of hydrogen-bond acceptors (Lipinski definition) is 5. The predicted octanol–water partition coefficient (Wildman–Crippen LogP) is 4.37. The number of benzene rings is 3. The summed E-state index contributed by atoms with van der Waals surface area (Å²) in [7, 11) is -2.52. The first-order valence-electron chi connectivity index (χ1n) is 11.8. The Bertz CT molecular complexity index is 1610. The Morgan fingerprint density at radius 2 is 1.63 bits per heavy atom. The van der Waals surface area contributed by atoms with Gasteiger partial charge in [0.25, 0.3) is 15.6 Å². The van der Waals surface area contributed by atoms with E-state index >= 15 is 0 Å². The third kappa shape index (κ3) is 5.32. The minimum Gasteiger partial charge on any atom is -0.492 e. The van der Waals surface area contributed by atoms with Gasteiger partial charge in [-0.1, -0.05) is 41.9 Å². The molecule has 0 saturated heterocycles. The molecule has 0 bridgehead atoms. The van der Waals surface area contributed by atoms with E-state index in [9.17, 15) is 18.0 Å². The number of para-hydroxylation sites is 3. The third-order valence-corrected chi connectivity index (χ3v) is 7.97. The average Bonchev–Trinajstić information content (AvgIpc) is 3.11. The lowest BCUT2D eigenvalue weighted by molar-refractivity contribution is -0.114. The van der Waals surface area contributed by atoms with Gasteiger partial charge < -0.3 is 10.1 Å². The van der Waals surface area contributed by atoms with Crippen LogP contribution in [-0.4, -0.2) is 36.8 Å². The van der Waals surface area contributed by atoms with Crippen LogP contribution in [0.25, 0.3) is 5.69 Å². The first-order valence-corrected chi connectivity index (χ1v) is 13.6. The number of anilines is 2. The Labute approximate surface area is 225 Å². The molecule has 0 atom stereocenters. The van der Waals surface area contributed by atoms with Gasteiger partial charge in [-0.15, -0.1) is 0 Å². The second kappa shape index (κ2) is 11.2. The van der Waals surface area contributed by atoms with Crippen molar-refractivity contribution in [1.82, 2.24) is 9.36 Å². The summed E-state index contributed by atoms with van der Waals surface area (Å²) < 4.78 is 37.2. The Kier molecular flexibility index (Phi) is 7.94. The lowest BCUT2D eigenvalue weighted by atomic mass is 10.3. The summed E-state index contributed by atoms with van der Waals surface area (Å²) in [5, 5.41) is 3.01. The van der Waals surface area contributed by atoms with Crippen molar-refractivity contribution >= 4 is 38.9 Å². The molecule has 198 valence electrons. The van der Waals surface area contributed by atoms with Crippen molar-refractivity contribution in [2.75, 3.05) is 22.8 Å². The van der Waals surface area contributed by atoms with Crippen LogP contribution in [0.5, 0.6) is 5.75 Å². The van der Waals surface area contributed by atoms with Crippen molar-refractivity contribution in [1.29, 1.82) is 0 Å². The highest BCUT2D eigenvalue weighted by Gasteiger charge is 2.30. The second-order valence-corrected chi connectivity index (χ2v) is 10.6. The number of aromatic nitrogens is 2. The number of halogens is 1. The summed E-state index contributed by atoms with van der Waals surface area (Å²) >= 11 is 5.96. The van der Waals surface area contributed by atoms with Crippen molar-refractivity contribution < 1.29 is 17.9 Å². The van der Waals surface area contributed by atoms with E-state index in [1.165, 1.54) is 28.9 Å². The highest BCUT2D eigenvalue weighted by molar-refractivity contribution is 7.92. The van der Waals surface area contributed by atoms with E-state index in [1.807, 2.05) is 6.07 Å². The SMILES string of the molecule is CCOc1ccccc1N(CC(=O)Nc1c(C)n(C)n(-c2ccccc2)c1=O)S(=O)(=O)c1ccc(Cl)cc1. The minimum atomic E-state index is -4.22. The van der Waals surface area contributed by atoms with E-state index < -0.39 is 28.0 Å². The van der Waals surface area contributed by atoms with Crippen LogP contribution in [0.4, 0.5) is 11.4 Å². The van der Waals surface area contributed by atoms with Crippen LogP contribution < -0.4 is 19.9 Å². The number of rotatable bonds is 9. The molecule has 11 heteroatoms. The summed E-state index contributed by atoms with van der Waals surface area (Å²) in [5.41, 5.74) is 0.941. The Morgan fingerprint density at radius 3 is 2.29 bits per heavy atom. The zero-order valence-electron chi connectivity index (χ0n) is 21.1. The molecule has 1 amide bonds. The van der Waals surface area contributed by atoms with E-state index in [0.29, 0.717) is 28.8 Å². The maximum atomic E-state index is 13.7. The first kappa shape index (κ1) is 27.0. The first-order chi connectivity index (χ1) is 18.1. The highest BCUT2D eigenvalue weighted by atomic mass is 35.5. The molecule has 0 saturated carbocycles. The number of hydrogen-bond donors (Lipinski definition) is 1. The zero-order chi connectivity index (χ0) is 27.4. The van der Waals surface area contributed by atoms with Crippen molar-refractivity contribution in [2.45, 2.75) is 18.7 Å². The number of nitrogens with one attached hydrogen (secondary N) is 1. The maximum absolute atomic E-state index is 13.7. The molecule has 0 radical (unpaired) electrons. The summed E-state index contributed by atoms with van der Waals surface area (Å²) in [6, 6.07) is 21.2. The Balaban J connectivity index is 1.73. The van der Waals surface area contributed by atoms with Gasteiger partial charge in [0.05, 0.1) is 28.6 Å². The van der Waals surface area contributed by atoms with Gasteiger partial charge in [-0.2, -0.15) is 0 Å². The third-order valence-electron chi connectivity index (χ3n) is 5.94. The quantitative estimate of drug-likeness (QED) is 0.331. The van der Waals surface area contributed by atoms with Gasteiger partial charge in [0.1, 0.15) is 18.0 Å². The molecule has 0 aliphatic heterocycles. The molecule has 0 aliphatic carbocycles. The fraction of sp³-hybridized carbons (Fsp3) is 0.185. The molecule has 0 fully saturated rings. The van der Waals surface area contributed by atoms with Gasteiger partial charge in [-0.3, -0.25) is 18.6 Å². The fourth-order valence-corrected chi connectivity index (χ4v) is 5.55. The molecule has 1 N–H and O–H groups in total. The molecular formula is C27H27ClN4O5S. The molecule has 38 heavy (non-hydrogen) atoms. The standard InChI is InChI=1S/C27H27ClN4O5S/c1-4-37-24-13-9-8-12-23(24)31(38(35,36)22-16-14-20(28)15-17-22)18-25(33)29-26-19(2)30(3)32(27(26)34)21-10-6-5-7-11-21/h5-17H,4,18H2,1-3H3,(H,29,33). The minimum absolute atomic E-state index is 0.0525. The van der Waals surface area contributed by atoms with Crippen molar-refractivity contribution in [3.63, 3.8) is 0 Å². The Hall–Kier alpha value is -4.02. The highest BCUT2D eigenvalue weighted by Crippen LogP contribution is 2.33. The molecule has 1 aromatic heterocycles. The van der Waals surface area contributed by atoms with E-state index in [0.717, 1.165) is 4.31 Å². The number of sulfonamides is 1. The van der Waals surface area contributed by atoms with Gasteiger partial charge in [-0.25, -0.2) is 13.1 Å². The molecule has 3 aromatic carbocycles. The van der Waals surface area contributed by atoms with Gasteiger partial charge >= 0.3 is 0 Å². The van der Waals surface area contributed by atoms with Crippen molar-refractivity contribution in [3.8, 4) is 11.4 Å². The average molecular weight is 555 g/mol. The van der Waals surface area contributed by atoms with Gasteiger partial charge in [0.2, 0.25) is 5.91 Å². The van der Waals surface area contributed by atoms with E-state index in [-0.39, 0.29) is 16.3 Å². The number of carbonyl (C=O) groups is 1. The van der Waals surface area contributed by atoms with E-state index in [2.05, 4.69) is 5.32 Å². The molecule has 0 unspecified atom stereocenters. The predicted molar refractivity (Wildman–Crippen MR) is 148 cm³/mol. The van der Waals surface area contributed by atoms with E-state index in [4.69, 9.17) is 16.3 Å². The molecule has 0 aliphatic rings. The Morgan fingerprint density at radius 1 is 1.00 bits per heavy atom. The van der Waals surface area contributed by atoms with Crippen LogP contribution in [0.1, 0.15) is 12.6 Å². The van der Waals surface area contributed by atoms with Crippen LogP contribution in [-0.2, 0) is 21.9 Å². The lowest BCUT2D eigenvalue weighted by Crippen LogP contribution is -2.39. The number of nitrogens with zero attached hydrogens (tertiary/aromatic N) is 3. The summed E-state index contributed by atoms with van der Waals surface area (Å²) in [4.78, 5) is 26.5. The second-order valence-electron chi connectivity index (χ2n) is 8.35. The van der Waals surface area contributed by atoms with Crippen LogP contribution in [0.15, 0.2) is 88.6 Å². The number of amides is 1. The lowest BCUT2D eigenvalue weighted by Gasteiger charge is -2.26. The van der Waals surface area contributed by atoms with Crippen molar-refractivity contribution in [3.05, 3.63) is 99.9 Å². The fourth-order valence-electron chi connectivity index (χ4n) is 4.00. The summed E-state index contributed by atoms with van der Waals surface area (Å²) in [5.74, 6) is -0.400. The van der Waals surface area contributed by atoms with Crippen LogP contribution >= 0.6 is 11.6 Å². The molecule has 9 nitrogen and oxygen atoms in total. The van der Waals surface area contributed by atoms with Gasteiger partial charge in [0, 0.05) is 12.1 Å². The smallest absolute Gasteiger partial charge is 0.295 e. The normalized spacial score (nSPS) is 11.3. The van der Waals surface area contributed by atoms with Crippen molar-refractivity contribution in [2.24, 2.45) is 7.05 Å². The molecule has 1 heterocycles. The monoisotopic (exact) mass is 554 g/mol. The summed E-state index contributed by atoms with van der Waals surface area (Å²) in [6.45, 7) is 3.16. The van der Waals surface area contributed by atoms with Crippen LogP contribution in [0.2, 0.25) is 5.02 Å². The largest absolute Gasteiger partial charge is 0.492 e. The van der Waals surface area contributed by atoms with Crippen LogP contribution in [0, 0.1) is 6.92 Å². The molecular weight excluding hydrogens is 528 g/mol. The maximum Gasteiger partial charge on any atom is 0.295 e. The molecule has 0 spiro atoms. The molecule has 4 aromatic rings. The number of carbonyl (C=O) groups excluding carboxylic acids is 1.